The molecule has 2 rings (SSSR count). The standard InChI is InChI=1S/C14H16ClN3/c1-2-8-16-10-11-7-9-17-14(18-11)12-5-3-4-6-13(12)15/h3-7,9,16H,2,8,10H2,1H3. The van der Waals surface area contributed by atoms with Crippen molar-refractivity contribution in [3.05, 3.63) is 47.2 Å². The third-order valence-corrected chi connectivity index (χ3v) is 2.89. The molecular weight excluding hydrogens is 246 g/mol. The molecular formula is C14H16ClN3. The van der Waals surface area contributed by atoms with E-state index in [9.17, 15) is 0 Å². The maximum absolute atomic E-state index is 6.14. The molecule has 3 nitrogen and oxygen atoms in total. The van der Waals surface area contributed by atoms with Gasteiger partial charge in [0.2, 0.25) is 0 Å². The Morgan fingerprint density at radius 2 is 2.06 bits per heavy atom. The lowest BCUT2D eigenvalue weighted by molar-refractivity contribution is 0.663. The Morgan fingerprint density at radius 1 is 1.22 bits per heavy atom. The van der Waals surface area contributed by atoms with E-state index in [2.05, 4.69) is 22.2 Å². The van der Waals surface area contributed by atoms with E-state index in [1.165, 1.54) is 0 Å². The summed E-state index contributed by atoms with van der Waals surface area (Å²) in [5, 5.41) is 4.00. The fraction of sp³-hybridized carbons (Fsp3) is 0.286. The molecule has 0 saturated heterocycles. The largest absolute Gasteiger partial charge is 0.311 e. The number of rotatable bonds is 5. The average Bonchev–Trinajstić information content (AvgIpc) is 2.40. The summed E-state index contributed by atoms with van der Waals surface area (Å²) in [6.07, 6.45) is 2.89. The summed E-state index contributed by atoms with van der Waals surface area (Å²) in [7, 11) is 0. The second kappa shape index (κ2) is 6.47. The van der Waals surface area contributed by atoms with Crippen LogP contribution >= 0.6 is 11.6 Å². The van der Waals surface area contributed by atoms with Gasteiger partial charge in [-0.25, -0.2) is 9.97 Å². The quantitative estimate of drug-likeness (QED) is 0.840. The summed E-state index contributed by atoms with van der Waals surface area (Å²) < 4.78 is 0. The zero-order chi connectivity index (χ0) is 12.8. The van der Waals surface area contributed by atoms with Crippen molar-refractivity contribution in [1.82, 2.24) is 15.3 Å². The van der Waals surface area contributed by atoms with Gasteiger partial charge in [-0.3, -0.25) is 0 Å². The Kier molecular flexibility index (Phi) is 4.67. The van der Waals surface area contributed by atoms with Crippen molar-refractivity contribution in [3.8, 4) is 11.4 Å². The number of benzene rings is 1. The van der Waals surface area contributed by atoms with Crippen molar-refractivity contribution in [2.75, 3.05) is 6.54 Å². The minimum absolute atomic E-state index is 0.677. The molecule has 0 unspecified atom stereocenters. The smallest absolute Gasteiger partial charge is 0.160 e. The van der Waals surface area contributed by atoms with E-state index in [-0.39, 0.29) is 0 Å². The molecule has 94 valence electrons. The Morgan fingerprint density at radius 3 is 2.83 bits per heavy atom. The van der Waals surface area contributed by atoms with Gasteiger partial charge >= 0.3 is 0 Å². The molecule has 0 aliphatic heterocycles. The predicted molar refractivity (Wildman–Crippen MR) is 74.5 cm³/mol. The first kappa shape index (κ1) is 13.0. The molecule has 1 aromatic heterocycles. The molecule has 1 N–H and O–H groups in total. The topological polar surface area (TPSA) is 37.8 Å². The summed E-state index contributed by atoms with van der Waals surface area (Å²) >= 11 is 6.14. The van der Waals surface area contributed by atoms with Crippen molar-refractivity contribution >= 4 is 11.6 Å². The van der Waals surface area contributed by atoms with Crippen LogP contribution in [0.5, 0.6) is 0 Å². The van der Waals surface area contributed by atoms with Crippen molar-refractivity contribution in [1.29, 1.82) is 0 Å². The van der Waals surface area contributed by atoms with E-state index in [1.54, 1.807) is 6.20 Å². The van der Waals surface area contributed by atoms with Crippen LogP contribution in [0.4, 0.5) is 0 Å². The van der Waals surface area contributed by atoms with Crippen LogP contribution in [0.25, 0.3) is 11.4 Å². The van der Waals surface area contributed by atoms with Crippen LogP contribution in [0.15, 0.2) is 36.5 Å². The number of halogens is 1. The van der Waals surface area contributed by atoms with Gasteiger partial charge in [0.25, 0.3) is 0 Å². The van der Waals surface area contributed by atoms with Gasteiger partial charge in [0, 0.05) is 18.3 Å². The van der Waals surface area contributed by atoms with E-state index in [4.69, 9.17) is 11.6 Å². The van der Waals surface area contributed by atoms with Gasteiger partial charge in [-0.1, -0.05) is 30.7 Å². The first-order valence-corrected chi connectivity index (χ1v) is 6.46. The number of nitrogens with zero attached hydrogens (tertiary/aromatic N) is 2. The van der Waals surface area contributed by atoms with E-state index < -0.39 is 0 Å². The first-order chi connectivity index (χ1) is 8.81. The number of nitrogens with one attached hydrogen (secondary N) is 1. The van der Waals surface area contributed by atoms with Gasteiger partial charge in [-0.05, 0) is 31.2 Å². The summed E-state index contributed by atoms with van der Waals surface area (Å²) in [5.74, 6) is 0.677. The summed E-state index contributed by atoms with van der Waals surface area (Å²) in [6, 6.07) is 9.54. The second-order valence-electron chi connectivity index (χ2n) is 4.03. The molecule has 0 spiro atoms. The second-order valence-corrected chi connectivity index (χ2v) is 4.44. The van der Waals surface area contributed by atoms with Crippen LogP contribution in [0, 0.1) is 0 Å². The fourth-order valence-electron chi connectivity index (χ4n) is 1.66. The lowest BCUT2D eigenvalue weighted by atomic mass is 10.2. The molecule has 1 aromatic carbocycles. The highest BCUT2D eigenvalue weighted by Crippen LogP contribution is 2.24. The molecule has 18 heavy (non-hydrogen) atoms. The summed E-state index contributed by atoms with van der Waals surface area (Å²) in [6.45, 7) is 3.89. The average molecular weight is 262 g/mol. The first-order valence-electron chi connectivity index (χ1n) is 6.09. The van der Waals surface area contributed by atoms with E-state index >= 15 is 0 Å². The SMILES string of the molecule is CCCNCc1ccnc(-c2ccccc2Cl)n1. The molecule has 0 amide bonds. The van der Waals surface area contributed by atoms with Crippen molar-refractivity contribution in [2.45, 2.75) is 19.9 Å². The van der Waals surface area contributed by atoms with Crippen LogP contribution in [-0.4, -0.2) is 16.5 Å². The van der Waals surface area contributed by atoms with Gasteiger partial charge in [-0.2, -0.15) is 0 Å². The monoisotopic (exact) mass is 261 g/mol. The van der Waals surface area contributed by atoms with Crippen LogP contribution in [0.3, 0.4) is 0 Å². The maximum Gasteiger partial charge on any atom is 0.160 e. The third kappa shape index (κ3) is 3.28. The highest BCUT2D eigenvalue weighted by Gasteiger charge is 2.06. The third-order valence-electron chi connectivity index (χ3n) is 2.56. The van der Waals surface area contributed by atoms with Gasteiger partial charge in [-0.15, -0.1) is 0 Å². The molecule has 2 aromatic rings. The molecule has 0 bridgehead atoms. The molecule has 0 aliphatic rings. The van der Waals surface area contributed by atoms with Crippen molar-refractivity contribution in [3.63, 3.8) is 0 Å². The normalized spacial score (nSPS) is 10.6. The van der Waals surface area contributed by atoms with Crippen LogP contribution in [0.1, 0.15) is 19.0 Å². The van der Waals surface area contributed by atoms with Gasteiger partial charge in [0.1, 0.15) is 0 Å². The molecule has 0 fully saturated rings. The molecule has 4 heteroatoms. The zero-order valence-electron chi connectivity index (χ0n) is 10.4. The van der Waals surface area contributed by atoms with E-state index in [0.29, 0.717) is 10.8 Å². The van der Waals surface area contributed by atoms with E-state index in [1.807, 2.05) is 30.3 Å². The Balaban J connectivity index is 2.19. The molecule has 0 atom stereocenters. The zero-order valence-corrected chi connectivity index (χ0v) is 11.1. The highest BCUT2D eigenvalue weighted by atomic mass is 35.5. The highest BCUT2D eigenvalue weighted by molar-refractivity contribution is 6.33. The lowest BCUT2D eigenvalue weighted by Crippen LogP contribution is -2.15. The fourth-order valence-corrected chi connectivity index (χ4v) is 1.88. The van der Waals surface area contributed by atoms with Crippen LogP contribution in [-0.2, 0) is 6.54 Å². The molecule has 0 radical (unpaired) electrons. The Hall–Kier alpha value is -1.45. The molecule has 1 heterocycles. The predicted octanol–water partition coefficient (Wildman–Crippen LogP) is 3.30. The number of hydrogen-bond acceptors (Lipinski definition) is 3. The maximum atomic E-state index is 6.14. The van der Waals surface area contributed by atoms with Gasteiger partial charge in [0.05, 0.1) is 10.7 Å². The van der Waals surface area contributed by atoms with Crippen molar-refractivity contribution < 1.29 is 0 Å². The summed E-state index contributed by atoms with van der Waals surface area (Å²) in [5.41, 5.74) is 1.85. The Labute approximate surface area is 112 Å². The van der Waals surface area contributed by atoms with Crippen molar-refractivity contribution in [2.24, 2.45) is 0 Å². The minimum Gasteiger partial charge on any atom is -0.311 e. The lowest BCUT2D eigenvalue weighted by Gasteiger charge is -2.06. The number of aromatic nitrogens is 2. The van der Waals surface area contributed by atoms with Gasteiger partial charge in [0.15, 0.2) is 5.82 Å². The van der Waals surface area contributed by atoms with E-state index in [0.717, 1.165) is 30.8 Å². The Bertz CT molecular complexity index is 514. The minimum atomic E-state index is 0.677. The molecule has 0 saturated carbocycles. The number of hydrogen-bond donors (Lipinski definition) is 1. The van der Waals surface area contributed by atoms with Crippen LogP contribution < -0.4 is 5.32 Å². The molecule has 0 aliphatic carbocycles. The van der Waals surface area contributed by atoms with Gasteiger partial charge < -0.3 is 5.32 Å². The van der Waals surface area contributed by atoms with Crippen LogP contribution in [0.2, 0.25) is 5.02 Å². The summed E-state index contributed by atoms with van der Waals surface area (Å²) in [4.78, 5) is 8.79.